The minimum atomic E-state index is -0.249. The predicted molar refractivity (Wildman–Crippen MR) is 115 cm³/mol. The summed E-state index contributed by atoms with van der Waals surface area (Å²) < 4.78 is 17.4. The number of likely N-dealkylation sites (tertiary alicyclic amines) is 1. The summed E-state index contributed by atoms with van der Waals surface area (Å²) in [5.74, 6) is 0.985. The average Bonchev–Trinajstić information content (AvgIpc) is 3.33. The van der Waals surface area contributed by atoms with E-state index in [4.69, 9.17) is 0 Å². The highest BCUT2D eigenvalue weighted by Gasteiger charge is 2.20. The third-order valence-corrected chi connectivity index (χ3v) is 6.47. The number of hydrogen-bond acceptors (Lipinski definition) is 4. The summed E-state index contributed by atoms with van der Waals surface area (Å²) in [6.45, 7) is 2.27. The van der Waals surface area contributed by atoms with Gasteiger partial charge in [0.05, 0.1) is 23.3 Å². The molecule has 0 aliphatic carbocycles. The minimum absolute atomic E-state index is 0.159. The summed E-state index contributed by atoms with van der Waals surface area (Å²) in [6, 6.07) is 14.5. The van der Waals surface area contributed by atoms with Gasteiger partial charge in [0.1, 0.15) is 5.82 Å². The third kappa shape index (κ3) is 3.56. The quantitative estimate of drug-likeness (QED) is 0.456. The van der Waals surface area contributed by atoms with Crippen LogP contribution >= 0.6 is 11.8 Å². The van der Waals surface area contributed by atoms with Crippen molar-refractivity contribution in [3.63, 3.8) is 0 Å². The molecule has 1 fully saturated rings. The zero-order valence-electron chi connectivity index (χ0n) is 16.5. The summed E-state index contributed by atoms with van der Waals surface area (Å²) in [6.07, 6.45) is 3.38. The SMILES string of the molecule is O=C(CSc1nnc2n(Cc3ccc(F)cc3)c3ccccc3n12)N1CCCCC1. The normalized spacial score (nSPS) is 14.6. The van der Waals surface area contributed by atoms with Gasteiger partial charge < -0.3 is 9.47 Å². The summed E-state index contributed by atoms with van der Waals surface area (Å²) in [5, 5.41) is 9.49. The number of aromatic nitrogens is 4. The molecule has 2 aromatic heterocycles. The Morgan fingerprint density at radius 3 is 2.47 bits per heavy atom. The van der Waals surface area contributed by atoms with Gasteiger partial charge in [-0.25, -0.2) is 4.39 Å². The van der Waals surface area contributed by atoms with E-state index in [0.29, 0.717) is 23.2 Å². The monoisotopic (exact) mass is 423 g/mol. The second-order valence-electron chi connectivity index (χ2n) is 7.55. The van der Waals surface area contributed by atoms with Crippen LogP contribution < -0.4 is 0 Å². The molecule has 0 atom stereocenters. The Morgan fingerprint density at radius 1 is 0.967 bits per heavy atom. The lowest BCUT2D eigenvalue weighted by Crippen LogP contribution is -2.36. The summed E-state index contributed by atoms with van der Waals surface area (Å²) in [4.78, 5) is 14.5. The number of thioether (sulfide) groups is 1. The number of nitrogens with zero attached hydrogens (tertiary/aromatic N) is 5. The third-order valence-electron chi connectivity index (χ3n) is 5.56. The van der Waals surface area contributed by atoms with Crippen molar-refractivity contribution in [3.05, 3.63) is 59.9 Å². The number of piperidine rings is 1. The molecule has 3 heterocycles. The van der Waals surface area contributed by atoms with Gasteiger partial charge in [-0.05, 0) is 49.1 Å². The topological polar surface area (TPSA) is 55.4 Å². The lowest BCUT2D eigenvalue weighted by molar-refractivity contribution is -0.129. The van der Waals surface area contributed by atoms with E-state index in [0.717, 1.165) is 42.5 Å². The van der Waals surface area contributed by atoms with Gasteiger partial charge in [-0.3, -0.25) is 9.20 Å². The van der Waals surface area contributed by atoms with E-state index in [-0.39, 0.29) is 11.7 Å². The first-order valence-corrected chi connectivity index (χ1v) is 11.2. The fourth-order valence-electron chi connectivity index (χ4n) is 4.02. The summed E-state index contributed by atoms with van der Waals surface area (Å²) in [7, 11) is 0. The van der Waals surface area contributed by atoms with Crippen molar-refractivity contribution in [3.8, 4) is 0 Å². The average molecular weight is 424 g/mol. The highest BCUT2D eigenvalue weighted by Crippen LogP contribution is 2.27. The van der Waals surface area contributed by atoms with Crippen molar-refractivity contribution in [2.24, 2.45) is 0 Å². The van der Waals surface area contributed by atoms with Crippen LogP contribution in [0.3, 0.4) is 0 Å². The molecular weight excluding hydrogens is 401 g/mol. The number of benzene rings is 2. The Kier molecular flexibility index (Phi) is 5.16. The molecule has 6 nitrogen and oxygen atoms in total. The molecule has 5 rings (SSSR count). The molecule has 30 heavy (non-hydrogen) atoms. The molecule has 0 spiro atoms. The van der Waals surface area contributed by atoms with Crippen LogP contribution in [0.15, 0.2) is 53.7 Å². The van der Waals surface area contributed by atoms with Gasteiger partial charge in [-0.15, -0.1) is 10.2 Å². The maximum atomic E-state index is 13.3. The van der Waals surface area contributed by atoms with Crippen molar-refractivity contribution in [1.82, 2.24) is 24.1 Å². The first-order chi connectivity index (χ1) is 14.7. The molecule has 1 amide bonds. The van der Waals surface area contributed by atoms with E-state index < -0.39 is 0 Å². The first kappa shape index (κ1) is 19.1. The smallest absolute Gasteiger partial charge is 0.237 e. The van der Waals surface area contributed by atoms with E-state index in [2.05, 4.69) is 14.8 Å². The van der Waals surface area contributed by atoms with Crippen LogP contribution in [-0.2, 0) is 11.3 Å². The Morgan fingerprint density at radius 2 is 1.70 bits per heavy atom. The highest BCUT2D eigenvalue weighted by molar-refractivity contribution is 7.99. The number of fused-ring (bicyclic) bond motifs is 3. The van der Waals surface area contributed by atoms with Crippen molar-refractivity contribution in [2.45, 2.75) is 31.0 Å². The molecule has 0 bridgehead atoms. The van der Waals surface area contributed by atoms with E-state index in [9.17, 15) is 9.18 Å². The van der Waals surface area contributed by atoms with Crippen molar-refractivity contribution in [2.75, 3.05) is 18.8 Å². The largest absolute Gasteiger partial charge is 0.342 e. The molecule has 4 aromatic rings. The van der Waals surface area contributed by atoms with Gasteiger partial charge in [0.2, 0.25) is 11.7 Å². The molecule has 2 aromatic carbocycles. The summed E-state index contributed by atoms with van der Waals surface area (Å²) >= 11 is 1.43. The molecular formula is C22H22FN5OS. The highest BCUT2D eigenvalue weighted by atomic mass is 32.2. The number of halogens is 1. The number of rotatable bonds is 5. The van der Waals surface area contributed by atoms with Crippen LogP contribution in [0.5, 0.6) is 0 Å². The van der Waals surface area contributed by atoms with Crippen LogP contribution in [-0.4, -0.2) is 48.8 Å². The molecule has 0 radical (unpaired) electrons. The molecule has 1 aliphatic heterocycles. The zero-order chi connectivity index (χ0) is 20.5. The fraction of sp³-hybridized carbons (Fsp3) is 0.318. The van der Waals surface area contributed by atoms with Crippen LogP contribution in [0.25, 0.3) is 16.8 Å². The van der Waals surface area contributed by atoms with Crippen molar-refractivity contribution >= 4 is 34.5 Å². The number of para-hydroxylation sites is 2. The maximum absolute atomic E-state index is 13.3. The van der Waals surface area contributed by atoms with Crippen LogP contribution in [0.1, 0.15) is 24.8 Å². The van der Waals surface area contributed by atoms with Crippen molar-refractivity contribution in [1.29, 1.82) is 0 Å². The Hall–Kier alpha value is -2.87. The Labute approximate surface area is 177 Å². The van der Waals surface area contributed by atoms with E-state index in [1.165, 1.54) is 30.3 Å². The van der Waals surface area contributed by atoms with Gasteiger partial charge in [0, 0.05) is 13.1 Å². The molecule has 0 saturated carbocycles. The van der Waals surface area contributed by atoms with Gasteiger partial charge >= 0.3 is 0 Å². The number of amides is 1. The van der Waals surface area contributed by atoms with Crippen molar-refractivity contribution < 1.29 is 9.18 Å². The predicted octanol–water partition coefficient (Wildman–Crippen LogP) is 3.98. The van der Waals surface area contributed by atoms with Gasteiger partial charge in [0.25, 0.3) is 0 Å². The van der Waals surface area contributed by atoms with Gasteiger partial charge in [0.15, 0.2) is 5.16 Å². The van der Waals surface area contributed by atoms with Gasteiger partial charge in [-0.2, -0.15) is 0 Å². The second-order valence-corrected chi connectivity index (χ2v) is 8.49. The lowest BCUT2D eigenvalue weighted by atomic mass is 10.1. The number of carbonyl (C=O) groups excluding carboxylic acids is 1. The molecule has 0 N–H and O–H groups in total. The molecule has 0 unspecified atom stereocenters. The molecule has 1 aliphatic rings. The minimum Gasteiger partial charge on any atom is -0.342 e. The van der Waals surface area contributed by atoms with Crippen LogP contribution in [0, 0.1) is 5.82 Å². The number of carbonyl (C=O) groups is 1. The number of imidazole rings is 1. The fourth-order valence-corrected chi connectivity index (χ4v) is 4.86. The lowest BCUT2D eigenvalue weighted by Gasteiger charge is -2.26. The van der Waals surface area contributed by atoms with Crippen LogP contribution in [0.2, 0.25) is 0 Å². The Balaban J connectivity index is 1.46. The molecule has 8 heteroatoms. The first-order valence-electron chi connectivity index (χ1n) is 10.2. The second kappa shape index (κ2) is 8.10. The van der Waals surface area contributed by atoms with E-state index in [1.807, 2.05) is 33.6 Å². The standard InChI is InChI=1S/C22H22FN5OS/c23-17-10-8-16(9-11-17)14-27-18-6-2-3-7-19(18)28-21(27)24-25-22(28)30-15-20(29)26-12-4-1-5-13-26/h2-3,6-11H,1,4-5,12-15H2. The zero-order valence-corrected chi connectivity index (χ0v) is 17.3. The van der Waals surface area contributed by atoms with Gasteiger partial charge in [-0.1, -0.05) is 36.0 Å². The molecule has 154 valence electrons. The van der Waals surface area contributed by atoms with E-state index >= 15 is 0 Å². The Bertz CT molecular complexity index is 1190. The number of hydrogen-bond donors (Lipinski definition) is 0. The maximum Gasteiger partial charge on any atom is 0.237 e. The molecule has 1 saturated heterocycles. The summed E-state index contributed by atoms with van der Waals surface area (Å²) in [5.41, 5.74) is 3.00. The van der Waals surface area contributed by atoms with Crippen LogP contribution in [0.4, 0.5) is 4.39 Å². The van der Waals surface area contributed by atoms with E-state index in [1.54, 1.807) is 12.1 Å².